The predicted molar refractivity (Wildman–Crippen MR) is 66.5 cm³/mol. The molecule has 0 aliphatic heterocycles. The van der Waals surface area contributed by atoms with Gasteiger partial charge in [0.1, 0.15) is 6.04 Å². The van der Waals surface area contributed by atoms with Gasteiger partial charge in [0.15, 0.2) is 11.6 Å². The van der Waals surface area contributed by atoms with E-state index in [9.17, 15) is 31.5 Å². The van der Waals surface area contributed by atoms with Crippen LogP contribution in [0.15, 0.2) is 23.1 Å². The van der Waals surface area contributed by atoms with E-state index in [0.717, 1.165) is 13.0 Å². The van der Waals surface area contributed by atoms with Crippen molar-refractivity contribution in [1.82, 2.24) is 4.72 Å². The molecule has 11 heteroatoms. The summed E-state index contributed by atoms with van der Waals surface area (Å²) in [5.74, 6) is -3.87. The molecular weight excluding hydrogens is 331 g/mol. The van der Waals surface area contributed by atoms with Gasteiger partial charge in [0.2, 0.25) is 10.0 Å². The minimum atomic E-state index is -4.49. The van der Waals surface area contributed by atoms with E-state index in [4.69, 9.17) is 5.11 Å². The molecule has 0 fully saturated rings. The third kappa shape index (κ3) is 4.58. The van der Waals surface area contributed by atoms with E-state index in [-0.39, 0.29) is 0 Å². The summed E-state index contributed by atoms with van der Waals surface area (Å²) >= 11 is 0. The molecule has 124 valence electrons. The van der Waals surface area contributed by atoms with Gasteiger partial charge in [0.05, 0.1) is 11.0 Å². The quantitative estimate of drug-likeness (QED) is 0.666. The Hall–Kier alpha value is -1.85. The first kappa shape index (κ1) is 18.2. The number of ether oxygens (including phenoxy) is 1. The number of alkyl halides is 2. The van der Waals surface area contributed by atoms with Gasteiger partial charge >= 0.3 is 12.6 Å². The first-order valence-corrected chi connectivity index (χ1v) is 7.20. The Bertz CT molecular complexity index is 649. The van der Waals surface area contributed by atoms with Crippen LogP contribution in [0.2, 0.25) is 0 Å². The van der Waals surface area contributed by atoms with E-state index < -0.39 is 51.2 Å². The smallest absolute Gasteiger partial charge is 0.387 e. The summed E-state index contributed by atoms with van der Waals surface area (Å²) in [7, 11) is -4.49. The Morgan fingerprint density at radius 2 is 1.95 bits per heavy atom. The number of carbonyl (C=O) groups is 1. The van der Waals surface area contributed by atoms with Crippen LogP contribution in [-0.4, -0.2) is 43.4 Å². The van der Waals surface area contributed by atoms with Crippen molar-refractivity contribution in [2.75, 3.05) is 0 Å². The standard InChI is InChI=1S/C11H12F3NO6S/c1-5(16)9(10(17)18)15-22(19,20)6-2-3-8(7(12)4-6)21-11(13)14/h2-5,9,11,15-16H,1H3,(H,17,18). The SMILES string of the molecule is CC(O)C(NS(=O)(=O)c1ccc(OC(F)F)c(F)c1)C(=O)O. The Kier molecular flexibility index (Phi) is 5.74. The van der Waals surface area contributed by atoms with Crippen LogP contribution in [0.5, 0.6) is 5.75 Å². The highest BCUT2D eigenvalue weighted by Gasteiger charge is 2.29. The van der Waals surface area contributed by atoms with Crippen molar-refractivity contribution in [3.05, 3.63) is 24.0 Å². The van der Waals surface area contributed by atoms with E-state index in [1.807, 2.05) is 0 Å². The van der Waals surface area contributed by atoms with Crippen LogP contribution in [0.3, 0.4) is 0 Å². The van der Waals surface area contributed by atoms with Gasteiger partial charge in [-0.15, -0.1) is 0 Å². The highest BCUT2D eigenvalue weighted by atomic mass is 32.2. The molecule has 0 aromatic heterocycles. The molecule has 0 spiro atoms. The summed E-state index contributed by atoms with van der Waals surface area (Å²) in [5.41, 5.74) is 0. The van der Waals surface area contributed by atoms with Crippen molar-refractivity contribution in [2.24, 2.45) is 0 Å². The maximum absolute atomic E-state index is 13.5. The lowest BCUT2D eigenvalue weighted by molar-refractivity contribution is -0.141. The molecular formula is C11H12F3NO6S. The van der Waals surface area contributed by atoms with Crippen molar-refractivity contribution in [1.29, 1.82) is 0 Å². The zero-order valence-electron chi connectivity index (χ0n) is 11.0. The maximum atomic E-state index is 13.5. The first-order chi connectivity index (χ1) is 10.0. The molecule has 0 saturated heterocycles. The number of aliphatic carboxylic acids is 1. The second-order valence-electron chi connectivity index (χ2n) is 4.15. The van der Waals surface area contributed by atoms with Gasteiger partial charge in [0, 0.05) is 0 Å². The molecule has 0 saturated carbocycles. The number of sulfonamides is 1. The molecule has 1 rings (SSSR count). The Morgan fingerprint density at radius 1 is 1.36 bits per heavy atom. The normalized spacial score (nSPS) is 14.6. The number of carboxylic acid groups (broad SMARTS) is 1. The molecule has 7 nitrogen and oxygen atoms in total. The van der Waals surface area contributed by atoms with Crippen LogP contribution in [0.4, 0.5) is 13.2 Å². The van der Waals surface area contributed by atoms with Crippen molar-refractivity contribution in [3.8, 4) is 5.75 Å². The molecule has 1 aromatic rings. The molecule has 2 atom stereocenters. The zero-order valence-corrected chi connectivity index (χ0v) is 11.9. The highest BCUT2D eigenvalue weighted by molar-refractivity contribution is 7.89. The van der Waals surface area contributed by atoms with E-state index in [2.05, 4.69) is 4.74 Å². The van der Waals surface area contributed by atoms with Crippen molar-refractivity contribution >= 4 is 16.0 Å². The third-order valence-corrected chi connectivity index (χ3v) is 3.90. The van der Waals surface area contributed by atoms with Gasteiger partial charge < -0.3 is 14.9 Å². The van der Waals surface area contributed by atoms with Crippen LogP contribution < -0.4 is 9.46 Å². The Morgan fingerprint density at radius 3 is 2.36 bits per heavy atom. The fourth-order valence-corrected chi connectivity index (χ4v) is 2.70. The van der Waals surface area contributed by atoms with Gasteiger partial charge in [-0.3, -0.25) is 4.79 Å². The summed E-state index contributed by atoms with van der Waals surface area (Å²) < 4.78 is 66.7. The number of halogens is 3. The average molecular weight is 343 g/mol. The molecule has 3 N–H and O–H groups in total. The molecule has 2 unspecified atom stereocenters. The molecule has 0 bridgehead atoms. The third-order valence-electron chi connectivity index (χ3n) is 2.46. The molecule has 22 heavy (non-hydrogen) atoms. The molecule has 0 radical (unpaired) electrons. The molecule has 0 aliphatic rings. The topological polar surface area (TPSA) is 113 Å². The van der Waals surface area contributed by atoms with E-state index in [1.54, 1.807) is 4.72 Å². The lowest BCUT2D eigenvalue weighted by Gasteiger charge is -2.17. The van der Waals surface area contributed by atoms with Crippen molar-refractivity contribution in [2.45, 2.75) is 30.6 Å². The number of aliphatic hydroxyl groups excluding tert-OH is 1. The van der Waals surface area contributed by atoms with E-state index >= 15 is 0 Å². The van der Waals surface area contributed by atoms with Crippen LogP contribution in [0, 0.1) is 5.82 Å². The number of carboxylic acids is 1. The van der Waals surface area contributed by atoms with Gasteiger partial charge in [-0.05, 0) is 25.1 Å². The lowest BCUT2D eigenvalue weighted by atomic mass is 10.2. The fourth-order valence-electron chi connectivity index (χ4n) is 1.43. The second-order valence-corrected chi connectivity index (χ2v) is 5.86. The number of rotatable bonds is 7. The summed E-state index contributed by atoms with van der Waals surface area (Å²) in [6.45, 7) is -2.25. The van der Waals surface area contributed by atoms with E-state index in [0.29, 0.717) is 12.1 Å². The maximum Gasteiger partial charge on any atom is 0.387 e. The van der Waals surface area contributed by atoms with Crippen molar-refractivity contribution < 1.29 is 41.3 Å². The van der Waals surface area contributed by atoms with Gasteiger partial charge in [-0.25, -0.2) is 12.8 Å². The summed E-state index contributed by atoms with van der Waals surface area (Å²) in [4.78, 5) is 10.1. The summed E-state index contributed by atoms with van der Waals surface area (Å²) in [6, 6.07) is -0.0516. The van der Waals surface area contributed by atoms with Crippen LogP contribution in [0.1, 0.15) is 6.92 Å². The minimum absolute atomic E-state index is 0.390. The molecule has 0 heterocycles. The largest absolute Gasteiger partial charge is 0.480 e. The monoisotopic (exact) mass is 343 g/mol. The number of benzene rings is 1. The van der Waals surface area contributed by atoms with Crippen LogP contribution in [-0.2, 0) is 14.8 Å². The molecule has 1 aromatic carbocycles. The van der Waals surface area contributed by atoms with Crippen LogP contribution >= 0.6 is 0 Å². The first-order valence-electron chi connectivity index (χ1n) is 5.72. The Labute approximate surface area is 123 Å². The minimum Gasteiger partial charge on any atom is -0.480 e. The second kappa shape index (κ2) is 6.94. The summed E-state index contributed by atoms with van der Waals surface area (Å²) in [6.07, 6.45) is -1.56. The summed E-state index contributed by atoms with van der Waals surface area (Å²) in [5, 5.41) is 18.0. The zero-order chi connectivity index (χ0) is 17.1. The Balaban J connectivity index is 3.08. The highest BCUT2D eigenvalue weighted by Crippen LogP contribution is 2.22. The van der Waals surface area contributed by atoms with Gasteiger partial charge in [-0.2, -0.15) is 13.5 Å². The fraction of sp³-hybridized carbons (Fsp3) is 0.364. The van der Waals surface area contributed by atoms with Crippen LogP contribution in [0.25, 0.3) is 0 Å². The number of aliphatic hydroxyl groups is 1. The number of hydrogen-bond donors (Lipinski definition) is 3. The molecule has 0 aliphatic carbocycles. The number of nitrogens with one attached hydrogen (secondary N) is 1. The lowest BCUT2D eigenvalue weighted by Crippen LogP contribution is -2.47. The van der Waals surface area contributed by atoms with Gasteiger partial charge in [0.25, 0.3) is 0 Å². The predicted octanol–water partition coefficient (Wildman–Crippen LogP) is 0.539. The molecule has 0 amide bonds. The average Bonchev–Trinajstić information content (AvgIpc) is 2.37. The van der Waals surface area contributed by atoms with Gasteiger partial charge in [-0.1, -0.05) is 0 Å². The van der Waals surface area contributed by atoms with E-state index in [1.165, 1.54) is 0 Å². The van der Waals surface area contributed by atoms with Crippen molar-refractivity contribution in [3.63, 3.8) is 0 Å². The number of hydrogen-bond acceptors (Lipinski definition) is 5.